The van der Waals surface area contributed by atoms with Crippen LogP contribution in [0.1, 0.15) is 10.4 Å². The summed E-state index contributed by atoms with van der Waals surface area (Å²) in [5.74, 6) is -0.771. The molecule has 3 rings (SSSR count). The summed E-state index contributed by atoms with van der Waals surface area (Å²) in [4.78, 5) is 40.5. The Hall–Kier alpha value is -2.77. The molecule has 1 aromatic carbocycles. The molecule has 0 aliphatic heterocycles. The summed E-state index contributed by atoms with van der Waals surface area (Å²) in [5, 5.41) is 5.08. The van der Waals surface area contributed by atoms with Gasteiger partial charge in [0.1, 0.15) is 6.61 Å². The summed E-state index contributed by atoms with van der Waals surface area (Å²) in [6.07, 6.45) is 1.37. The van der Waals surface area contributed by atoms with E-state index in [2.05, 4.69) is 20.9 Å². The predicted molar refractivity (Wildman–Crippen MR) is 106 cm³/mol. The molecule has 13 heteroatoms. The van der Waals surface area contributed by atoms with Crippen LogP contribution in [0.25, 0.3) is 11.2 Å². The van der Waals surface area contributed by atoms with Crippen LogP contribution in [0.4, 0.5) is 0 Å². The minimum Gasteiger partial charge on any atom is -0.460 e. The fourth-order valence-corrected chi connectivity index (χ4v) is 3.67. The highest BCUT2D eigenvalue weighted by molar-refractivity contribution is 9.10. The maximum Gasteiger partial charge on any atom is 0.339 e. The van der Waals surface area contributed by atoms with Gasteiger partial charge >= 0.3 is 11.7 Å². The summed E-state index contributed by atoms with van der Waals surface area (Å²) < 4.78 is 32.1. The predicted octanol–water partition coefficient (Wildman–Crippen LogP) is -0.299. The van der Waals surface area contributed by atoms with Crippen LogP contribution >= 0.6 is 15.9 Å². The zero-order valence-electron chi connectivity index (χ0n) is 15.3. The van der Waals surface area contributed by atoms with Gasteiger partial charge < -0.3 is 9.30 Å². The number of nitrogens with two attached hydrogens (primary N) is 1. The molecule has 0 atom stereocenters. The van der Waals surface area contributed by atoms with Crippen LogP contribution in [0.2, 0.25) is 0 Å². The largest absolute Gasteiger partial charge is 0.460 e. The van der Waals surface area contributed by atoms with Crippen LogP contribution in [0.15, 0.2) is 43.5 Å². The molecule has 0 saturated heterocycles. The fraction of sp³-hybridized carbons (Fsp3) is 0.250. The van der Waals surface area contributed by atoms with E-state index in [4.69, 9.17) is 9.88 Å². The van der Waals surface area contributed by atoms with Crippen LogP contribution in [-0.2, 0) is 35.4 Å². The van der Waals surface area contributed by atoms with Gasteiger partial charge in [0.15, 0.2) is 11.2 Å². The number of imidazole rings is 1. The molecule has 154 valence electrons. The van der Waals surface area contributed by atoms with Gasteiger partial charge in [-0.05, 0) is 34.1 Å². The van der Waals surface area contributed by atoms with Gasteiger partial charge in [-0.3, -0.25) is 13.9 Å². The standard InChI is InChI=1S/C16H16BrN5O6S/c1-20-13-12(14(23)21(2)16(20)25)22(8-19-13)5-6-28-15(24)10-7-9(29(18,26)27)3-4-11(10)17/h3-4,7-8H,5-6H2,1-2H3,(H2,18,26,27). The first-order valence-corrected chi connectivity index (χ1v) is 10.5. The highest BCUT2D eigenvalue weighted by Gasteiger charge is 2.18. The summed E-state index contributed by atoms with van der Waals surface area (Å²) in [5.41, 5.74) is -0.615. The summed E-state index contributed by atoms with van der Waals surface area (Å²) in [7, 11) is -1.12. The number of primary sulfonamides is 1. The summed E-state index contributed by atoms with van der Waals surface area (Å²) in [6, 6.07) is 3.75. The van der Waals surface area contributed by atoms with Crippen LogP contribution in [0, 0.1) is 0 Å². The summed E-state index contributed by atoms with van der Waals surface area (Å²) >= 11 is 3.17. The van der Waals surface area contributed by atoms with Crippen LogP contribution in [0.5, 0.6) is 0 Å². The van der Waals surface area contributed by atoms with Gasteiger partial charge in [-0.15, -0.1) is 0 Å². The SMILES string of the molecule is Cn1c(=O)c2c(ncn2CCOC(=O)c2cc(S(N)(=O)=O)ccc2Br)n(C)c1=O. The Kier molecular flexibility index (Phi) is 5.47. The van der Waals surface area contributed by atoms with Gasteiger partial charge in [0, 0.05) is 18.6 Å². The number of hydrogen-bond donors (Lipinski definition) is 1. The van der Waals surface area contributed by atoms with Gasteiger partial charge in [0.25, 0.3) is 5.56 Å². The molecule has 2 aromatic heterocycles. The molecule has 0 saturated carbocycles. The van der Waals surface area contributed by atoms with Crippen LogP contribution in [0.3, 0.4) is 0 Å². The molecule has 0 amide bonds. The number of ether oxygens (including phenoxy) is 1. The summed E-state index contributed by atoms with van der Waals surface area (Å²) in [6.45, 7) is -0.0233. The number of halogens is 1. The molecule has 0 aliphatic rings. The molecule has 11 nitrogen and oxygen atoms in total. The molecule has 2 N–H and O–H groups in total. The maximum atomic E-state index is 12.4. The van der Waals surface area contributed by atoms with Crippen molar-refractivity contribution in [2.24, 2.45) is 19.2 Å². The number of rotatable bonds is 5. The lowest BCUT2D eigenvalue weighted by atomic mass is 10.2. The van der Waals surface area contributed by atoms with Crippen molar-refractivity contribution in [2.45, 2.75) is 11.4 Å². The number of hydrogen-bond acceptors (Lipinski definition) is 7. The van der Waals surface area contributed by atoms with Crippen molar-refractivity contribution in [1.29, 1.82) is 0 Å². The van der Waals surface area contributed by atoms with E-state index in [0.29, 0.717) is 4.47 Å². The van der Waals surface area contributed by atoms with Crippen molar-refractivity contribution >= 4 is 43.1 Å². The quantitative estimate of drug-likeness (QED) is 0.487. The normalized spacial score (nSPS) is 11.7. The van der Waals surface area contributed by atoms with Crippen molar-refractivity contribution in [2.75, 3.05) is 6.61 Å². The number of fused-ring (bicyclic) bond motifs is 1. The second-order valence-corrected chi connectivity index (χ2v) is 8.55. The van der Waals surface area contributed by atoms with Gasteiger partial charge in [0.2, 0.25) is 10.0 Å². The Balaban J connectivity index is 1.82. The van der Waals surface area contributed by atoms with Crippen LogP contribution < -0.4 is 16.4 Å². The number of carbonyl (C=O) groups is 1. The van der Waals surface area contributed by atoms with Gasteiger partial charge in [-0.25, -0.2) is 28.1 Å². The molecule has 0 aliphatic carbocycles. The molecule has 29 heavy (non-hydrogen) atoms. The number of aryl methyl sites for hydroxylation is 1. The van der Waals surface area contributed by atoms with Crippen molar-refractivity contribution in [3.05, 3.63) is 55.4 Å². The van der Waals surface area contributed by atoms with Crippen LogP contribution in [-0.4, -0.2) is 39.7 Å². The van der Waals surface area contributed by atoms with E-state index in [1.54, 1.807) is 0 Å². The first-order chi connectivity index (χ1) is 13.5. The third-order valence-electron chi connectivity index (χ3n) is 4.27. The zero-order chi connectivity index (χ0) is 21.5. The second kappa shape index (κ2) is 7.57. The minimum absolute atomic E-state index is 0.00896. The van der Waals surface area contributed by atoms with E-state index in [1.165, 1.54) is 41.7 Å². The topological polar surface area (TPSA) is 148 Å². The Bertz CT molecular complexity index is 1350. The molecule has 0 fully saturated rings. The highest BCUT2D eigenvalue weighted by Crippen LogP contribution is 2.21. The highest BCUT2D eigenvalue weighted by atomic mass is 79.9. The van der Waals surface area contributed by atoms with E-state index >= 15 is 0 Å². The molecule has 0 spiro atoms. The zero-order valence-corrected chi connectivity index (χ0v) is 17.7. The van der Waals surface area contributed by atoms with E-state index in [-0.39, 0.29) is 34.8 Å². The lowest BCUT2D eigenvalue weighted by molar-refractivity contribution is 0.0491. The maximum absolute atomic E-state index is 12.4. The van der Waals surface area contributed by atoms with E-state index < -0.39 is 27.2 Å². The van der Waals surface area contributed by atoms with Gasteiger partial charge in [-0.1, -0.05) is 0 Å². The smallest absolute Gasteiger partial charge is 0.339 e. The van der Waals surface area contributed by atoms with E-state index in [1.807, 2.05) is 0 Å². The first kappa shape index (κ1) is 21.0. The van der Waals surface area contributed by atoms with Crippen molar-refractivity contribution < 1.29 is 17.9 Å². The molecular weight excluding hydrogens is 470 g/mol. The second-order valence-electron chi connectivity index (χ2n) is 6.14. The molecule has 2 heterocycles. The third kappa shape index (κ3) is 3.88. The number of aromatic nitrogens is 4. The molecule has 0 unspecified atom stereocenters. The first-order valence-electron chi connectivity index (χ1n) is 8.12. The molecule has 0 radical (unpaired) electrons. The number of sulfonamides is 1. The molecule has 3 aromatic rings. The number of nitrogens with zero attached hydrogens (tertiary/aromatic N) is 4. The van der Waals surface area contributed by atoms with Crippen molar-refractivity contribution in [3.63, 3.8) is 0 Å². The van der Waals surface area contributed by atoms with E-state index in [0.717, 1.165) is 10.6 Å². The lowest BCUT2D eigenvalue weighted by Gasteiger charge is -2.09. The Morgan fingerprint density at radius 1 is 1.24 bits per heavy atom. The lowest BCUT2D eigenvalue weighted by Crippen LogP contribution is -2.37. The Morgan fingerprint density at radius 2 is 1.93 bits per heavy atom. The van der Waals surface area contributed by atoms with Crippen molar-refractivity contribution in [1.82, 2.24) is 18.7 Å². The molecule has 0 bridgehead atoms. The van der Waals surface area contributed by atoms with Gasteiger partial charge in [0.05, 0.1) is 23.3 Å². The average Bonchev–Trinajstić information content (AvgIpc) is 3.08. The fourth-order valence-electron chi connectivity index (χ4n) is 2.72. The Labute approximate surface area is 172 Å². The molecular formula is C16H16BrN5O6S. The average molecular weight is 486 g/mol. The monoisotopic (exact) mass is 485 g/mol. The van der Waals surface area contributed by atoms with Crippen molar-refractivity contribution in [3.8, 4) is 0 Å². The number of benzene rings is 1. The minimum atomic E-state index is -3.98. The number of esters is 1. The third-order valence-corrected chi connectivity index (χ3v) is 5.87. The Morgan fingerprint density at radius 3 is 2.59 bits per heavy atom. The number of carbonyl (C=O) groups excluding carboxylic acids is 1. The van der Waals surface area contributed by atoms with Gasteiger partial charge in [-0.2, -0.15) is 0 Å². The van der Waals surface area contributed by atoms with E-state index in [9.17, 15) is 22.8 Å².